The maximum Gasteiger partial charge on any atom is 0.242 e. The van der Waals surface area contributed by atoms with Gasteiger partial charge in [-0.25, -0.2) is 8.42 Å². The molecule has 0 amide bonds. The number of nitrogens with zero attached hydrogens (tertiary/aromatic N) is 1. The molecule has 0 radical (unpaired) electrons. The summed E-state index contributed by atoms with van der Waals surface area (Å²) >= 11 is 0. The van der Waals surface area contributed by atoms with Crippen molar-refractivity contribution >= 4 is 10.0 Å². The highest BCUT2D eigenvalue weighted by Gasteiger charge is 2.48. The molecule has 2 unspecified atom stereocenters. The predicted octanol–water partition coefficient (Wildman–Crippen LogP) is 1.20. The minimum atomic E-state index is -3.18. The number of sulfonamides is 1. The molecule has 3 rings (SSSR count). The van der Waals surface area contributed by atoms with E-state index in [9.17, 15) is 8.42 Å². The molecule has 1 heterocycles. The lowest BCUT2D eigenvalue weighted by Crippen LogP contribution is -2.26. The highest BCUT2D eigenvalue weighted by molar-refractivity contribution is 7.90. The Morgan fingerprint density at radius 2 is 2.07 bits per heavy atom. The third-order valence-electron chi connectivity index (χ3n) is 3.24. The van der Waals surface area contributed by atoms with Crippen LogP contribution >= 0.6 is 0 Å². The zero-order valence-electron chi connectivity index (χ0n) is 8.29. The van der Waals surface area contributed by atoms with Crippen molar-refractivity contribution in [2.75, 3.05) is 7.05 Å². The van der Waals surface area contributed by atoms with Crippen LogP contribution in [0, 0.1) is 5.92 Å². The number of hydrogen-bond acceptors (Lipinski definition) is 2. The molecular weight excluding hydrogens is 210 g/mol. The Hall–Kier alpha value is -1.29. The van der Waals surface area contributed by atoms with Gasteiger partial charge in [-0.3, -0.25) is 4.31 Å². The fourth-order valence-electron chi connectivity index (χ4n) is 2.44. The van der Waals surface area contributed by atoms with Crippen LogP contribution in [-0.2, 0) is 10.0 Å². The van der Waals surface area contributed by atoms with Crippen molar-refractivity contribution in [3.63, 3.8) is 0 Å². The van der Waals surface area contributed by atoms with E-state index in [0.717, 1.165) is 11.3 Å². The topological polar surface area (TPSA) is 37.4 Å². The van der Waals surface area contributed by atoms with E-state index in [-0.39, 0.29) is 5.92 Å². The van der Waals surface area contributed by atoms with Crippen LogP contribution in [0.4, 0.5) is 0 Å². The Morgan fingerprint density at radius 3 is 2.87 bits per heavy atom. The molecule has 2 aliphatic carbocycles. The third-order valence-corrected chi connectivity index (χ3v) is 5.33. The van der Waals surface area contributed by atoms with Gasteiger partial charge in [0.05, 0.1) is 0 Å². The maximum absolute atomic E-state index is 12.0. The molecule has 0 N–H and O–H groups in total. The van der Waals surface area contributed by atoms with Gasteiger partial charge in [0.15, 0.2) is 0 Å². The molecule has 3 nitrogen and oxygen atoms in total. The van der Waals surface area contributed by atoms with E-state index in [2.05, 4.69) is 0 Å². The molecule has 4 heteroatoms. The van der Waals surface area contributed by atoms with Crippen molar-refractivity contribution in [3.8, 4) is 0 Å². The molecular formula is C11H11NO2S. The van der Waals surface area contributed by atoms with Crippen LogP contribution in [0.2, 0.25) is 0 Å². The minimum Gasteiger partial charge on any atom is -0.276 e. The monoisotopic (exact) mass is 221 g/mol. The van der Waals surface area contributed by atoms with Gasteiger partial charge in [-0.1, -0.05) is 30.4 Å². The zero-order valence-corrected chi connectivity index (χ0v) is 9.11. The van der Waals surface area contributed by atoms with E-state index in [0.29, 0.717) is 0 Å². The summed E-state index contributed by atoms with van der Waals surface area (Å²) < 4.78 is 25.5. The van der Waals surface area contributed by atoms with Gasteiger partial charge in [0.25, 0.3) is 0 Å². The predicted molar refractivity (Wildman–Crippen MR) is 58.4 cm³/mol. The lowest BCUT2D eigenvalue weighted by atomic mass is 9.85. The van der Waals surface area contributed by atoms with Crippen molar-refractivity contribution in [2.45, 2.75) is 5.25 Å². The summed E-state index contributed by atoms with van der Waals surface area (Å²) in [6.45, 7) is 0. The van der Waals surface area contributed by atoms with E-state index < -0.39 is 15.3 Å². The molecule has 78 valence electrons. The van der Waals surface area contributed by atoms with Gasteiger partial charge in [-0.2, -0.15) is 0 Å². The zero-order chi connectivity index (χ0) is 10.6. The molecule has 1 aliphatic heterocycles. The third kappa shape index (κ3) is 0.973. The molecule has 0 saturated carbocycles. The van der Waals surface area contributed by atoms with Crippen LogP contribution in [0.1, 0.15) is 0 Å². The quantitative estimate of drug-likeness (QED) is 0.616. The largest absolute Gasteiger partial charge is 0.276 e. The van der Waals surface area contributed by atoms with E-state index in [1.165, 1.54) is 4.31 Å². The Balaban J connectivity index is 2.28. The molecule has 0 aromatic carbocycles. The van der Waals surface area contributed by atoms with Crippen molar-refractivity contribution < 1.29 is 8.42 Å². The van der Waals surface area contributed by atoms with Crippen molar-refractivity contribution in [2.24, 2.45) is 5.92 Å². The first-order valence-electron chi connectivity index (χ1n) is 4.87. The molecule has 1 saturated heterocycles. The molecule has 1 fully saturated rings. The van der Waals surface area contributed by atoms with Crippen LogP contribution in [0.3, 0.4) is 0 Å². The fourth-order valence-corrected chi connectivity index (χ4v) is 4.21. The lowest BCUT2D eigenvalue weighted by Gasteiger charge is -2.21. The Labute approximate surface area is 89.1 Å². The first kappa shape index (κ1) is 8.97. The van der Waals surface area contributed by atoms with Gasteiger partial charge in [0, 0.05) is 18.7 Å². The normalized spacial score (nSPS) is 34.9. The van der Waals surface area contributed by atoms with Crippen molar-refractivity contribution in [1.29, 1.82) is 0 Å². The second kappa shape index (κ2) is 2.64. The van der Waals surface area contributed by atoms with Crippen LogP contribution in [-0.4, -0.2) is 25.0 Å². The van der Waals surface area contributed by atoms with Crippen molar-refractivity contribution in [3.05, 3.63) is 47.7 Å². The number of allylic oxidation sites excluding steroid dienone is 6. The number of rotatable bonds is 0. The SMILES string of the molecule is CN1C2=CC=CC3=CC=CC(C32)S1(=O)=O. The van der Waals surface area contributed by atoms with Crippen LogP contribution in [0.5, 0.6) is 0 Å². The van der Waals surface area contributed by atoms with Gasteiger partial charge < -0.3 is 0 Å². The summed E-state index contributed by atoms with van der Waals surface area (Å²) in [6, 6.07) is 0. The van der Waals surface area contributed by atoms with Crippen molar-refractivity contribution in [1.82, 2.24) is 4.31 Å². The second-order valence-corrected chi connectivity index (χ2v) is 6.08. The van der Waals surface area contributed by atoms with Crippen LogP contribution in [0.25, 0.3) is 0 Å². The molecule has 0 aromatic heterocycles. The highest BCUT2D eigenvalue weighted by Crippen LogP contribution is 2.44. The Kier molecular flexibility index (Phi) is 1.58. The van der Waals surface area contributed by atoms with Gasteiger partial charge in [0.1, 0.15) is 5.25 Å². The standard InChI is InChI=1S/C11H11NO2S/c1-12-9-6-2-4-8-5-3-7-10(11(8)9)15(12,13)14/h2-7,10-11H,1H3. The molecule has 2 atom stereocenters. The molecule has 0 aromatic rings. The average Bonchev–Trinajstić information content (AvgIpc) is 2.43. The van der Waals surface area contributed by atoms with Gasteiger partial charge in [0.2, 0.25) is 10.0 Å². The van der Waals surface area contributed by atoms with E-state index in [4.69, 9.17) is 0 Å². The summed E-state index contributed by atoms with van der Waals surface area (Å²) in [5.74, 6) is 0.00926. The smallest absolute Gasteiger partial charge is 0.242 e. The minimum absolute atomic E-state index is 0.00926. The fraction of sp³-hybridized carbons (Fsp3) is 0.273. The summed E-state index contributed by atoms with van der Waals surface area (Å²) in [7, 11) is -1.55. The molecule has 0 bridgehead atoms. The van der Waals surface area contributed by atoms with Gasteiger partial charge in [-0.05, 0) is 11.6 Å². The summed E-state index contributed by atoms with van der Waals surface area (Å²) in [5, 5.41) is -0.404. The van der Waals surface area contributed by atoms with E-state index in [1.54, 1.807) is 13.1 Å². The lowest BCUT2D eigenvalue weighted by molar-refractivity contribution is 0.537. The summed E-state index contributed by atoms with van der Waals surface area (Å²) in [4.78, 5) is 0. The number of hydrogen-bond donors (Lipinski definition) is 0. The van der Waals surface area contributed by atoms with Crippen LogP contribution < -0.4 is 0 Å². The van der Waals surface area contributed by atoms with E-state index in [1.807, 2.05) is 30.4 Å². The van der Waals surface area contributed by atoms with E-state index >= 15 is 0 Å². The van der Waals surface area contributed by atoms with Gasteiger partial charge in [-0.15, -0.1) is 0 Å². The molecule has 0 spiro atoms. The van der Waals surface area contributed by atoms with Crippen LogP contribution in [0.15, 0.2) is 47.7 Å². The first-order chi connectivity index (χ1) is 7.12. The highest BCUT2D eigenvalue weighted by atomic mass is 32.2. The maximum atomic E-state index is 12.0. The molecule has 3 aliphatic rings. The Morgan fingerprint density at radius 1 is 1.27 bits per heavy atom. The second-order valence-electron chi connectivity index (χ2n) is 3.96. The average molecular weight is 221 g/mol. The molecule has 15 heavy (non-hydrogen) atoms. The first-order valence-corrected chi connectivity index (χ1v) is 6.37. The summed E-state index contributed by atoms with van der Waals surface area (Å²) in [5.41, 5.74) is 1.98. The summed E-state index contributed by atoms with van der Waals surface area (Å²) in [6.07, 6.45) is 11.4. The Bertz CT molecular complexity index is 537. The van der Waals surface area contributed by atoms with Gasteiger partial charge >= 0.3 is 0 Å².